The maximum absolute atomic E-state index is 13.4. The van der Waals surface area contributed by atoms with Crippen molar-refractivity contribution < 1.29 is 13.7 Å². The molecule has 1 atom stereocenters. The number of hydrogen-bond acceptors (Lipinski definition) is 6. The van der Waals surface area contributed by atoms with Gasteiger partial charge in [0.05, 0.1) is 16.6 Å². The van der Waals surface area contributed by atoms with Crippen LogP contribution in [-0.2, 0) is 0 Å². The van der Waals surface area contributed by atoms with Gasteiger partial charge in [-0.15, -0.1) is 0 Å². The minimum Gasteiger partial charge on any atom is -0.450 e. The minimum atomic E-state index is -0.741. The van der Waals surface area contributed by atoms with Gasteiger partial charge in [-0.2, -0.15) is 0 Å². The molecule has 5 rings (SSSR count). The van der Waals surface area contributed by atoms with Gasteiger partial charge in [0.1, 0.15) is 17.4 Å². The van der Waals surface area contributed by atoms with Crippen LogP contribution in [0.4, 0.5) is 5.82 Å². The average molecular weight is 373 g/mol. The summed E-state index contributed by atoms with van der Waals surface area (Å²) >= 11 is 0. The SMILES string of the molecule is Cc1ccc2oc3c(c(=O)c2c1)[C@@H](c1ccccn1)N(c1cc(C)on1)C3=O. The summed E-state index contributed by atoms with van der Waals surface area (Å²) in [5.74, 6) is 0.430. The van der Waals surface area contributed by atoms with Crippen LogP contribution in [-0.4, -0.2) is 16.0 Å². The van der Waals surface area contributed by atoms with Crippen molar-refractivity contribution in [3.8, 4) is 0 Å². The fourth-order valence-electron chi connectivity index (χ4n) is 3.61. The van der Waals surface area contributed by atoms with Crippen molar-refractivity contribution in [2.24, 2.45) is 0 Å². The predicted molar refractivity (Wildman–Crippen MR) is 101 cm³/mol. The summed E-state index contributed by atoms with van der Waals surface area (Å²) in [5.41, 5.74) is 1.88. The maximum Gasteiger partial charge on any atom is 0.296 e. The molecule has 0 bridgehead atoms. The van der Waals surface area contributed by atoms with E-state index in [2.05, 4.69) is 10.1 Å². The lowest BCUT2D eigenvalue weighted by Gasteiger charge is -2.21. The Labute approximate surface area is 159 Å². The molecule has 1 aliphatic rings. The van der Waals surface area contributed by atoms with Gasteiger partial charge in [0, 0.05) is 12.3 Å². The molecule has 138 valence electrons. The lowest BCUT2D eigenvalue weighted by molar-refractivity contribution is 0.0969. The Hall–Kier alpha value is -3.74. The van der Waals surface area contributed by atoms with Gasteiger partial charge in [0.15, 0.2) is 11.2 Å². The molecule has 4 aromatic rings. The number of aromatic nitrogens is 2. The zero-order chi connectivity index (χ0) is 19.4. The van der Waals surface area contributed by atoms with Crippen molar-refractivity contribution in [1.82, 2.24) is 10.1 Å². The molecular formula is C21H15N3O4. The summed E-state index contributed by atoms with van der Waals surface area (Å²) in [6.07, 6.45) is 1.62. The molecule has 0 aliphatic carbocycles. The monoisotopic (exact) mass is 373 g/mol. The highest BCUT2D eigenvalue weighted by atomic mass is 16.5. The maximum atomic E-state index is 13.4. The average Bonchev–Trinajstić information content (AvgIpc) is 3.24. The van der Waals surface area contributed by atoms with Crippen LogP contribution in [0.15, 0.2) is 62.4 Å². The molecule has 28 heavy (non-hydrogen) atoms. The van der Waals surface area contributed by atoms with E-state index in [0.717, 1.165) is 5.56 Å². The van der Waals surface area contributed by atoms with Crippen molar-refractivity contribution >= 4 is 22.7 Å². The number of nitrogens with zero attached hydrogens (tertiary/aromatic N) is 3. The third kappa shape index (κ3) is 2.29. The van der Waals surface area contributed by atoms with E-state index in [-0.39, 0.29) is 16.8 Å². The standard InChI is InChI=1S/C21H15N3O4/c1-11-6-7-15-13(9-11)19(25)17-18(14-5-3-4-8-22-14)24(21(26)20(17)27-15)16-10-12(2)28-23-16/h3-10,18H,1-2H3/t18-/m1/s1. The first kappa shape index (κ1) is 16.4. The molecule has 1 aromatic carbocycles. The van der Waals surface area contributed by atoms with Crippen LogP contribution < -0.4 is 10.3 Å². The van der Waals surface area contributed by atoms with Gasteiger partial charge in [0.2, 0.25) is 5.76 Å². The molecule has 0 saturated carbocycles. The van der Waals surface area contributed by atoms with Gasteiger partial charge in [-0.1, -0.05) is 22.9 Å². The van der Waals surface area contributed by atoms with Gasteiger partial charge < -0.3 is 8.94 Å². The lowest BCUT2D eigenvalue weighted by atomic mass is 10.0. The quantitative estimate of drug-likeness (QED) is 0.534. The normalized spacial score (nSPS) is 16.0. The number of fused-ring (bicyclic) bond motifs is 2. The molecule has 0 N–H and O–H groups in total. The second kappa shape index (κ2) is 5.88. The second-order valence-corrected chi connectivity index (χ2v) is 6.80. The van der Waals surface area contributed by atoms with Crippen LogP contribution in [0.2, 0.25) is 0 Å². The first-order chi connectivity index (χ1) is 13.5. The molecule has 0 radical (unpaired) electrons. The van der Waals surface area contributed by atoms with Crippen molar-refractivity contribution in [2.45, 2.75) is 19.9 Å². The third-order valence-electron chi connectivity index (χ3n) is 4.86. The number of aryl methyl sites for hydroxylation is 2. The fraction of sp³-hybridized carbons (Fsp3) is 0.143. The van der Waals surface area contributed by atoms with E-state index in [1.54, 1.807) is 43.5 Å². The van der Waals surface area contributed by atoms with E-state index in [4.69, 9.17) is 8.94 Å². The number of amides is 1. The lowest BCUT2D eigenvalue weighted by Crippen LogP contribution is -2.30. The van der Waals surface area contributed by atoms with Crippen LogP contribution in [0.5, 0.6) is 0 Å². The number of pyridine rings is 1. The van der Waals surface area contributed by atoms with Gasteiger partial charge in [-0.3, -0.25) is 19.5 Å². The highest BCUT2D eigenvalue weighted by Gasteiger charge is 2.45. The molecule has 4 heterocycles. The van der Waals surface area contributed by atoms with Gasteiger partial charge in [-0.25, -0.2) is 0 Å². The topological polar surface area (TPSA) is 89.4 Å². The second-order valence-electron chi connectivity index (χ2n) is 6.80. The highest BCUT2D eigenvalue weighted by molar-refractivity contribution is 6.10. The number of anilines is 1. The molecular weight excluding hydrogens is 358 g/mol. The predicted octanol–water partition coefficient (Wildman–Crippen LogP) is 3.54. The molecule has 0 saturated heterocycles. The Morgan fingerprint density at radius 1 is 1.07 bits per heavy atom. The number of hydrogen-bond donors (Lipinski definition) is 0. The molecule has 3 aromatic heterocycles. The summed E-state index contributed by atoms with van der Waals surface area (Å²) in [5, 5.41) is 4.41. The Kier molecular flexibility index (Phi) is 3.45. The first-order valence-corrected chi connectivity index (χ1v) is 8.80. The summed E-state index contributed by atoms with van der Waals surface area (Å²) in [4.78, 5) is 32.4. The summed E-state index contributed by atoms with van der Waals surface area (Å²) < 4.78 is 11.0. The van der Waals surface area contributed by atoms with E-state index < -0.39 is 11.9 Å². The van der Waals surface area contributed by atoms with E-state index in [1.807, 2.05) is 19.1 Å². The van der Waals surface area contributed by atoms with E-state index >= 15 is 0 Å². The number of rotatable bonds is 2. The fourth-order valence-corrected chi connectivity index (χ4v) is 3.61. The highest BCUT2D eigenvalue weighted by Crippen LogP contribution is 2.40. The van der Waals surface area contributed by atoms with E-state index in [1.165, 1.54) is 4.90 Å². The van der Waals surface area contributed by atoms with Crippen molar-refractivity contribution in [2.75, 3.05) is 4.90 Å². The number of carbonyl (C=O) groups is 1. The Bertz CT molecular complexity index is 1290. The van der Waals surface area contributed by atoms with E-state index in [9.17, 15) is 9.59 Å². The summed E-state index contributed by atoms with van der Waals surface area (Å²) in [6, 6.07) is 11.6. The minimum absolute atomic E-state index is 0.0117. The van der Waals surface area contributed by atoms with Crippen LogP contribution in [0.3, 0.4) is 0 Å². The Balaban J connectivity index is 1.84. The van der Waals surface area contributed by atoms with Crippen LogP contribution in [0, 0.1) is 13.8 Å². The molecule has 0 unspecified atom stereocenters. The molecule has 0 spiro atoms. The number of benzene rings is 1. The molecule has 7 heteroatoms. The summed E-state index contributed by atoms with van der Waals surface area (Å²) in [7, 11) is 0. The largest absolute Gasteiger partial charge is 0.450 e. The van der Waals surface area contributed by atoms with Crippen molar-refractivity contribution in [3.63, 3.8) is 0 Å². The number of carbonyl (C=O) groups excluding carboxylic acids is 1. The Morgan fingerprint density at radius 3 is 2.64 bits per heavy atom. The van der Waals surface area contributed by atoms with Gasteiger partial charge >= 0.3 is 0 Å². The molecule has 1 aliphatic heterocycles. The molecule has 0 fully saturated rings. The van der Waals surface area contributed by atoms with Gasteiger partial charge in [-0.05, 0) is 38.1 Å². The zero-order valence-corrected chi connectivity index (χ0v) is 15.2. The smallest absolute Gasteiger partial charge is 0.296 e. The van der Waals surface area contributed by atoms with E-state index in [0.29, 0.717) is 28.2 Å². The summed E-state index contributed by atoms with van der Waals surface area (Å²) in [6.45, 7) is 3.64. The van der Waals surface area contributed by atoms with Crippen LogP contribution >= 0.6 is 0 Å². The Morgan fingerprint density at radius 2 is 1.93 bits per heavy atom. The van der Waals surface area contributed by atoms with Crippen LogP contribution in [0.1, 0.15) is 39.2 Å². The zero-order valence-electron chi connectivity index (χ0n) is 15.2. The molecule has 7 nitrogen and oxygen atoms in total. The molecule has 1 amide bonds. The van der Waals surface area contributed by atoms with Gasteiger partial charge in [0.25, 0.3) is 5.91 Å². The van der Waals surface area contributed by atoms with Crippen molar-refractivity contribution in [3.05, 3.63) is 87.2 Å². The third-order valence-corrected chi connectivity index (χ3v) is 4.86. The van der Waals surface area contributed by atoms with Crippen LogP contribution in [0.25, 0.3) is 11.0 Å². The van der Waals surface area contributed by atoms with Crippen molar-refractivity contribution in [1.29, 1.82) is 0 Å². The first-order valence-electron chi connectivity index (χ1n) is 8.80.